The van der Waals surface area contributed by atoms with E-state index in [2.05, 4.69) is 33.3 Å². The fourth-order valence-electron chi connectivity index (χ4n) is 2.18. The summed E-state index contributed by atoms with van der Waals surface area (Å²) in [6, 6.07) is 0. The van der Waals surface area contributed by atoms with Gasteiger partial charge in [0.05, 0.1) is 0 Å². The number of carbonyl (C=O) groups is 1. The van der Waals surface area contributed by atoms with Gasteiger partial charge in [0.1, 0.15) is 0 Å². The summed E-state index contributed by atoms with van der Waals surface area (Å²) in [5.41, 5.74) is 4.92. The fraction of sp³-hybridized carbons (Fsp3) is 0.421. The molecule has 0 spiro atoms. The molecule has 0 amide bonds. The minimum atomic E-state index is 0.00532. The lowest BCUT2D eigenvalue weighted by atomic mass is 9.93. The van der Waals surface area contributed by atoms with Crippen LogP contribution in [0.1, 0.15) is 53.9 Å². The summed E-state index contributed by atoms with van der Waals surface area (Å²) in [6.45, 7) is 13.9. The molecule has 0 bridgehead atoms. The molecule has 0 rings (SSSR count). The van der Waals surface area contributed by atoms with Crippen LogP contribution in [-0.4, -0.2) is 5.78 Å². The van der Waals surface area contributed by atoms with E-state index in [1.54, 1.807) is 13.0 Å². The zero-order valence-corrected chi connectivity index (χ0v) is 13.5. The molecule has 0 saturated carbocycles. The van der Waals surface area contributed by atoms with Gasteiger partial charge in [-0.25, -0.2) is 0 Å². The first-order valence-corrected chi connectivity index (χ1v) is 7.18. The average Bonchev–Trinajstić information content (AvgIpc) is 2.43. The summed E-state index contributed by atoms with van der Waals surface area (Å²) < 4.78 is 0. The van der Waals surface area contributed by atoms with Gasteiger partial charge in [-0.3, -0.25) is 4.79 Å². The fourth-order valence-corrected chi connectivity index (χ4v) is 2.18. The van der Waals surface area contributed by atoms with Crippen LogP contribution in [0.15, 0.2) is 46.6 Å². The maximum Gasteiger partial charge on any atom is 0.159 e. The van der Waals surface area contributed by atoms with Crippen molar-refractivity contribution in [1.82, 2.24) is 0 Å². The van der Waals surface area contributed by atoms with E-state index in [0.29, 0.717) is 5.57 Å². The molecular weight excluding hydrogens is 244 g/mol. The van der Waals surface area contributed by atoms with Gasteiger partial charge in [0.15, 0.2) is 5.78 Å². The molecule has 0 aromatic carbocycles. The van der Waals surface area contributed by atoms with Crippen molar-refractivity contribution in [3.8, 4) is 12.3 Å². The Bertz CT molecular complexity index is 498. The lowest BCUT2D eigenvalue weighted by Gasteiger charge is -2.12. The van der Waals surface area contributed by atoms with Gasteiger partial charge in [-0.15, -0.1) is 6.42 Å². The second-order valence-electron chi connectivity index (χ2n) is 4.80. The first-order valence-electron chi connectivity index (χ1n) is 7.18. The van der Waals surface area contributed by atoms with Crippen LogP contribution in [0.25, 0.3) is 0 Å². The Labute approximate surface area is 124 Å². The molecule has 0 aliphatic rings. The molecular formula is C19H26O. The number of rotatable bonds is 7. The molecule has 0 atom stereocenters. The number of ketones is 1. The highest BCUT2D eigenvalue weighted by Gasteiger charge is 2.07. The highest BCUT2D eigenvalue weighted by molar-refractivity contribution is 5.97. The van der Waals surface area contributed by atoms with Crippen molar-refractivity contribution < 1.29 is 4.79 Å². The molecule has 0 heterocycles. The number of Topliss-reactive ketones (excluding diaryl/α,β-unsaturated/α-hetero) is 1. The van der Waals surface area contributed by atoms with Gasteiger partial charge in [0, 0.05) is 5.57 Å². The molecule has 0 unspecified atom stereocenters. The number of terminal acetylenes is 1. The monoisotopic (exact) mass is 270 g/mol. The molecule has 0 aromatic rings. The number of hydrogen-bond acceptors (Lipinski definition) is 1. The molecule has 0 radical (unpaired) electrons. The topological polar surface area (TPSA) is 17.1 Å². The van der Waals surface area contributed by atoms with Crippen molar-refractivity contribution in [3.05, 3.63) is 46.6 Å². The maximum absolute atomic E-state index is 11.7. The zero-order chi connectivity index (χ0) is 15.7. The molecule has 108 valence electrons. The standard InChI is InChI=1S/C19H26O/c1-8-14(5)12-18(16(7)20)13-15(6)19(11-4)17(9-2)10-3/h1,12-13H,6,9-11H2,2-5,7H3/b14-12-,18-13+. The predicted molar refractivity (Wildman–Crippen MR) is 88.4 cm³/mol. The predicted octanol–water partition coefficient (Wildman–Crippen LogP) is 5.16. The SMILES string of the molecule is C#C/C(C)=C\C(=C/C(=C)C(CC)=C(CC)CC)C(C)=O. The van der Waals surface area contributed by atoms with E-state index in [1.807, 2.05) is 13.0 Å². The molecule has 0 aliphatic heterocycles. The molecule has 1 nitrogen and oxygen atoms in total. The van der Waals surface area contributed by atoms with Crippen molar-refractivity contribution in [3.63, 3.8) is 0 Å². The van der Waals surface area contributed by atoms with Crippen LogP contribution in [0.5, 0.6) is 0 Å². The molecule has 0 aliphatic carbocycles. The Kier molecular flexibility index (Phi) is 8.32. The minimum Gasteiger partial charge on any atom is -0.295 e. The Morgan fingerprint density at radius 2 is 1.65 bits per heavy atom. The van der Waals surface area contributed by atoms with E-state index in [1.165, 1.54) is 11.1 Å². The van der Waals surface area contributed by atoms with E-state index in [9.17, 15) is 4.79 Å². The van der Waals surface area contributed by atoms with Gasteiger partial charge in [-0.2, -0.15) is 0 Å². The first-order chi connectivity index (χ1) is 9.40. The van der Waals surface area contributed by atoms with Crippen molar-refractivity contribution >= 4 is 5.78 Å². The van der Waals surface area contributed by atoms with Gasteiger partial charge < -0.3 is 0 Å². The van der Waals surface area contributed by atoms with Crippen LogP contribution in [0.4, 0.5) is 0 Å². The summed E-state index contributed by atoms with van der Waals surface area (Å²) in [6.07, 6.45) is 11.9. The lowest BCUT2D eigenvalue weighted by Crippen LogP contribution is -1.98. The van der Waals surface area contributed by atoms with Crippen LogP contribution in [-0.2, 0) is 4.79 Å². The maximum atomic E-state index is 11.7. The van der Waals surface area contributed by atoms with Crippen molar-refractivity contribution in [2.45, 2.75) is 53.9 Å². The largest absolute Gasteiger partial charge is 0.295 e. The third-order valence-corrected chi connectivity index (χ3v) is 3.36. The van der Waals surface area contributed by atoms with Crippen LogP contribution < -0.4 is 0 Å². The van der Waals surface area contributed by atoms with Gasteiger partial charge in [0.25, 0.3) is 0 Å². The highest BCUT2D eigenvalue weighted by atomic mass is 16.1. The second kappa shape index (κ2) is 9.15. The second-order valence-corrected chi connectivity index (χ2v) is 4.80. The highest BCUT2D eigenvalue weighted by Crippen LogP contribution is 2.24. The summed E-state index contributed by atoms with van der Waals surface area (Å²) in [5, 5.41) is 0. The van der Waals surface area contributed by atoms with Crippen molar-refractivity contribution in [2.24, 2.45) is 0 Å². The molecule has 0 N–H and O–H groups in total. The lowest BCUT2D eigenvalue weighted by molar-refractivity contribution is -0.113. The van der Waals surface area contributed by atoms with Crippen LogP contribution in [0.2, 0.25) is 0 Å². The Morgan fingerprint density at radius 3 is 2.00 bits per heavy atom. The summed E-state index contributed by atoms with van der Waals surface area (Å²) in [7, 11) is 0. The van der Waals surface area contributed by atoms with E-state index in [4.69, 9.17) is 6.42 Å². The zero-order valence-electron chi connectivity index (χ0n) is 13.5. The van der Waals surface area contributed by atoms with Gasteiger partial charge in [-0.05, 0) is 62.0 Å². The Morgan fingerprint density at radius 1 is 1.10 bits per heavy atom. The quantitative estimate of drug-likeness (QED) is 0.354. The average molecular weight is 270 g/mol. The summed E-state index contributed by atoms with van der Waals surface area (Å²) >= 11 is 0. The van der Waals surface area contributed by atoms with Crippen LogP contribution in [0.3, 0.4) is 0 Å². The smallest absolute Gasteiger partial charge is 0.159 e. The van der Waals surface area contributed by atoms with E-state index in [0.717, 1.165) is 30.4 Å². The normalized spacial score (nSPS) is 11.8. The van der Waals surface area contributed by atoms with Crippen LogP contribution in [0, 0.1) is 12.3 Å². The summed E-state index contributed by atoms with van der Waals surface area (Å²) in [4.78, 5) is 11.7. The molecule has 0 aromatic heterocycles. The first kappa shape index (κ1) is 18.2. The van der Waals surface area contributed by atoms with Gasteiger partial charge in [-0.1, -0.05) is 38.8 Å². The van der Waals surface area contributed by atoms with Crippen molar-refractivity contribution in [1.29, 1.82) is 0 Å². The minimum absolute atomic E-state index is 0.00532. The van der Waals surface area contributed by atoms with Crippen LogP contribution >= 0.6 is 0 Å². The Hall–Kier alpha value is -1.81. The van der Waals surface area contributed by atoms with E-state index >= 15 is 0 Å². The van der Waals surface area contributed by atoms with E-state index in [-0.39, 0.29) is 5.78 Å². The van der Waals surface area contributed by atoms with Crippen molar-refractivity contribution in [2.75, 3.05) is 0 Å². The number of allylic oxidation sites excluding steroid dienone is 7. The Balaban J connectivity index is 5.67. The molecule has 20 heavy (non-hydrogen) atoms. The molecule has 0 fully saturated rings. The van der Waals surface area contributed by atoms with Gasteiger partial charge >= 0.3 is 0 Å². The number of hydrogen-bond donors (Lipinski definition) is 0. The third kappa shape index (κ3) is 5.45. The summed E-state index contributed by atoms with van der Waals surface area (Å²) in [5.74, 6) is 2.54. The van der Waals surface area contributed by atoms with E-state index < -0.39 is 0 Å². The molecule has 0 saturated heterocycles. The molecule has 1 heteroatoms. The third-order valence-electron chi connectivity index (χ3n) is 3.36. The van der Waals surface area contributed by atoms with Gasteiger partial charge in [0.2, 0.25) is 0 Å². The number of carbonyl (C=O) groups excluding carboxylic acids is 1.